The van der Waals surface area contributed by atoms with Gasteiger partial charge >= 0.3 is 0 Å². The first-order valence-electron chi connectivity index (χ1n) is 9.25. The highest BCUT2D eigenvalue weighted by molar-refractivity contribution is 7.89. The number of likely N-dealkylation sites (N-methyl/N-ethyl adjacent to an activating group) is 1. The summed E-state index contributed by atoms with van der Waals surface area (Å²) in [5, 5.41) is 3.85. The van der Waals surface area contributed by atoms with Gasteiger partial charge in [-0.25, -0.2) is 8.42 Å². The number of likely N-dealkylation sites (tertiary alicyclic amines) is 1. The van der Waals surface area contributed by atoms with E-state index in [1.165, 1.54) is 7.05 Å². The number of benzene rings is 2. The first-order valence-corrected chi connectivity index (χ1v) is 11.6. The Balaban J connectivity index is 1.53. The summed E-state index contributed by atoms with van der Waals surface area (Å²) in [5.74, 6) is -0.150. The monoisotopic (exact) mass is 414 g/mol. The zero-order valence-electron chi connectivity index (χ0n) is 15.6. The minimum Gasteiger partial charge on any atom is -0.334 e. The topological polar surface area (TPSA) is 57.7 Å². The zero-order chi connectivity index (χ0) is 19.7. The van der Waals surface area contributed by atoms with Crippen LogP contribution in [-0.4, -0.2) is 43.7 Å². The third-order valence-corrected chi connectivity index (χ3v) is 8.00. The molecule has 1 aliphatic heterocycles. The van der Waals surface area contributed by atoms with E-state index in [9.17, 15) is 13.2 Å². The van der Waals surface area contributed by atoms with Crippen molar-refractivity contribution >= 4 is 38.0 Å². The maximum atomic E-state index is 13.0. The van der Waals surface area contributed by atoms with Gasteiger partial charge in [-0.15, -0.1) is 11.3 Å². The Morgan fingerprint density at radius 1 is 1.14 bits per heavy atom. The van der Waals surface area contributed by atoms with Gasteiger partial charge in [-0.1, -0.05) is 36.4 Å². The van der Waals surface area contributed by atoms with Crippen molar-refractivity contribution in [2.45, 2.75) is 23.8 Å². The van der Waals surface area contributed by atoms with E-state index in [0.29, 0.717) is 6.54 Å². The highest BCUT2D eigenvalue weighted by atomic mass is 32.2. The van der Waals surface area contributed by atoms with Crippen LogP contribution in [0.4, 0.5) is 0 Å². The molecule has 1 aromatic heterocycles. The zero-order valence-corrected chi connectivity index (χ0v) is 17.2. The number of thiophene rings is 1. The van der Waals surface area contributed by atoms with Gasteiger partial charge in [-0.3, -0.25) is 4.79 Å². The molecule has 0 aliphatic carbocycles. The van der Waals surface area contributed by atoms with Crippen LogP contribution in [-0.2, 0) is 14.8 Å². The average Bonchev–Trinajstić information content (AvgIpc) is 3.38. The van der Waals surface area contributed by atoms with Gasteiger partial charge < -0.3 is 4.90 Å². The fraction of sp³-hybridized carbons (Fsp3) is 0.286. The second-order valence-electron chi connectivity index (χ2n) is 7.03. The molecule has 146 valence electrons. The van der Waals surface area contributed by atoms with E-state index in [1.807, 2.05) is 46.7 Å². The van der Waals surface area contributed by atoms with E-state index in [1.54, 1.807) is 29.5 Å². The lowest BCUT2D eigenvalue weighted by molar-refractivity contribution is -0.132. The van der Waals surface area contributed by atoms with Crippen LogP contribution in [0, 0.1) is 0 Å². The summed E-state index contributed by atoms with van der Waals surface area (Å²) in [4.78, 5) is 16.1. The molecule has 1 amide bonds. The molecule has 4 rings (SSSR count). The van der Waals surface area contributed by atoms with Crippen LogP contribution >= 0.6 is 11.3 Å². The predicted molar refractivity (Wildman–Crippen MR) is 112 cm³/mol. The molecule has 0 radical (unpaired) electrons. The molecular weight excluding hydrogens is 392 g/mol. The Morgan fingerprint density at radius 2 is 1.93 bits per heavy atom. The number of hydrogen-bond donors (Lipinski definition) is 0. The lowest BCUT2D eigenvalue weighted by Crippen LogP contribution is -2.40. The number of hydrogen-bond acceptors (Lipinski definition) is 4. The van der Waals surface area contributed by atoms with Crippen molar-refractivity contribution in [1.82, 2.24) is 9.21 Å². The summed E-state index contributed by atoms with van der Waals surface area (Å²) >= 11 is 1.64. The summed E-state index contributed by atoms with van der Waals surface area (Å²) in [6, 6.07) is 16.8. The molecule has 3 aromatic rings. The van der Waals surface area contributed by atoms with Gasteiger partial charge in [-0.05, 0) is 47.2 Å². The van der Waals surface area contributed by atoms with E-state index in [0.717, 1.165) is 32.8 Å². The van der Waals surface area contributed by atoms with E-state index in [4.69, 9.17) is 0 Å². The second kappa shape index (κ2) is 7.66. The second-order valence-corrected chi connectivity index (χ2v) is 10.1. The van der Waals surface area contributed by atoms with Crippen LogP contribution < -0.4 is 0 Å². The lowest BCUT2D eigenvalue weighted by Gasteiger charge is -2.26. The molecule has 0 bridgehead atoms. The van der Waals surface area contributed by atoms with Crippen molar-refractivity contribution in [3.05, 3.63) is 64.9 Å². The van der Waals surface area contributed by atoms with E-state index >= 15 is 0 Å². The Kier molecular flexibility index (Phi) is 5.23. The van der Waals surface area contributed by atoms with Gasteiger partial charge in [0.05, 0.1) is 17.5 Å². The van der Waals surface area contributed by atoms with Gasteiger partial charge in [0.25, 0.3) is 0 Å². The lowest BCUT2D eigenvalue weighted by atomic mass is 10.1. The summed E-state index contributed by atoms with van der Waals surface area (Å²) in [6.45, 7) is 0.516. The van der Waals surface area contributed by atoms with Crippen LogP contribution in [0.15, 0.2) is 64.9 Å². The molecule has 7 heteroatoms. The van der Waals surface area contributed by atoms with Crippen LogP contribution in [0.3, 0.4) is 0 Å². The highest BCUT2D eigenvalue weighted by Crippen LogP contribution is 2.34. The molecule has 2 heterocycles. The largest absolute Gasteiger partial charge is 0.334 e. The molecule has 5 nitrogen and oxygen atoms in total. The fourth-order valence-electron chi connectivity index (χ4n) is 3.72. The first kappa shape index (κ1) is 19.1. The van der Waals surface area contributed by atoms with Crippen molar-refractivity contribution in [2.75, 3.05) is 20.1 Å². The Bertz CT molecular complexity index is 1090. The number of nitrogens with zero attached hydrogens (tertiary/aromatic N) is 2. The Hall–Kier alpha value is -2.22. The van der Waals surface area contributed by atoms with Gasteiger partial charge in [0.2, 0.25) is 15.9 Å². The smallest absolute Gasteiger partial charge is 0.243 e. The molecule has 1 unspecified atom stereocenters. The number of carbonyl (C=O) groups excluding carboxylic acids is 1. The van der Waals surface area contributed by atoms with Crippen LogP contribution in [0.25, 0.3) is 10.8 Å². The summed E-state index contributed by atoms with van der Waals surface area (Å²) < 4.78 is 27.1. The molecule has 28 heavy (non-hydrogen) atoms. The van der Waals surface area contributed by atoms with Crippen LogP contribution in [0.2, 0.25) is 0 Å². The minimum atomic E-state index is -3.74. The highest BCUT2D eigenvalue weighted by Gasteiger charge is 2.33. The minimum absolute atomic E-state index is 0.0595. The van der Waals surface area contributed by atoms with Gasteiger partial charge in [0.1, 0.15) is 0 Å². The van der Waals surface area contributed by atoms with Gasteiger partial charge in [-0.2, -0.15) is 4.31 Å². The molecule has 0 spiro atoms. The number of fused-ring (bicyclic) bond motifs is 1. The van der Waals surface area contributed by atoms with Crippen molar-refractivity contribution < 1.29 is 13.2 Å². The van der Waals surface area contributed by atoms with Crippen LogP contribution in [0.1, 0.15) is 23.8 Å². The average molecular weight is 415 g/mol. The molecule has 0 saturated carbocycles. The molecule has 1 fully saturated rings. The maximum absolute atomic E-state index is 13.0. The third kappa shape index (κ3) is 3.57. The standard InChI is InChI=1S/C21H22N2O3S2/c1-22(15-21(24)23-12-4-8-19(23)20-9-5-13-27-20)28(25,26)18-11-10-16-6-2-3-7-17(16)14-18/h2-3,5-7,9-11,13-14,19H,4,8,12,15H2,1H3. The normalized spacial score (nSPS) is 17.5. The molecule has 1 atom stereocenters. The molecular formula is C21H22N2O3S2. The van der Waals surface area contributed by atoms with E-state index in [2.05, 4.69) is 0 Å². The fourth-order valence-corrected chi connectivity index (χ4v) is 5.75. The summed E-state index contributed by atoms with van der Waals surface area (Å²) in [6.07, 6.45) is 1.86. The third-order valence-electron chi connectivity index (χ3n) is 5.23. The molecule has 1 saturated heterocycles. The first-order chi connectivity index (χ1) is 13.5. The maximum Gasteiger partial charge on any atom is 0.243 e. The van der Waals surface area contributed by atoms with Crippen molar-refractivity contribution in [3.63, 3.8) is 0 Å². The number of carbonyl (C=O) groups is 1. The van der Waals surface area contributed by atoms with Crippen molar-refractivity contribution in [1.29, 1.82) is 0 Å². The van der Waals surface area contributed by atoms with E-state index < -0.39 is 10.0 Å². The Labute approximate surface area is 169 Å². The predicted octanol–water partition coefficient (Wildman–Crippen LogP) is 3.89. The number of sulfonamides is 1. The van der Waals surface area contributed by atoms with E-state index in [-0.39, 0.29) is 23.4 Å². The van der Waals surface area contributed by atoms with Crippen molar-refractivity contribution in [2.24, 2.45) is 0 Å². The van der Waals surface area contributed by atoms with Gasteiger partial charge in [0, 0.05) is 18.5 Å². The molecule has 2 aromatic carbocycles. The van der Waals surface area contributed by atoms with Crippen molar-refractivity contribution in [3.8, 4) is 0 Å². The number of rotatable bonds is 5. The van der Waals surface area contributed by atoms with Crippen LogP contribution in [0.5, 0.6) is 0 Å². The summed E-state index contributed by atoms with van der Waals surface area (Å²) in [7, 11) is -2.27. The Morgan fingerprint density at radius 3 is 2.68 bits per heavy atom. The molecule has 1 aliphatic rings. The quantitative estimate of drug-likeness (QED) is 0.637. The number of amides is 1. The molecule has 0 N–H and O–H groups in total. The summed E-state index contributed by atoms with van der Waals surface area (Å²) in [5.41, 5.74) is 0. The van der Waals surface area contributed by atoms with Gasteiger partial charge in [0.15, 0.2) is 0 Å². The SMILES string of the molecule is CN(CC(=O)N1CCCC1c1cccs1)S(=O)(=O)c1ccc2ccccc2c1.